The van der Waals surface area contributed by atoms with Crippen molar-refractivity contribution in [3.63, 3.8) is 0 Å². The second-order valence-corrected chi connectivity index (χ2v) is 23.3. The van der Waals surface area contributed by atoms with Gasteiger partial charge in [0.2, 0.25) is 5.36 Å². The first kappa shape index (κ1) is 44.9. The molecule has 1 saturated carbocycles. The summed E-state index contributed by atoms with van der Waals surface area (Å²) < 4.78 is 13.8. The number of anilines is 2. The van der Waals surface area contributed by atoms with Gasteiger partial charge in [0.1, 0.15) is 33.5 Å². The van der Waals surface area contributed by atoms with Crippen LogP contribution in [0.2, 0.25) is 13.1 Å². The predicted molar refractivity (Wildman–Crippen MR) is 272 cm³/mol. The Kier molecular flexibility index (Phi) is 11.7. The molecule has 0 radical (unpaired) electrons. The number of allylic oxidation sites excluding steroid dienone is 5. The fourth-order valence-corrected chi connectivity index (χ4v) is 13.2. The van der Waals surface area contributed by atoms with Gasteiger partial charge < -0.3 is 35.8 Å². The van der Waals surface area contributed by atoms with Crippen LogP contribution >= 0.6 is 0 Å². The number of aryl methyl sites for hydroxylation is 1. The van der Waals surface area contributed by atoms with Crippen molar-refractivity contribution in [1.29, 1.82) is 5.41 Å². The topological polar surface area (TPSA) is 154 Å². The maximum absolute atomic E-state index is 13.9. The summed E-state index contributed by atoms with van der Waals surface area (Å²) in [6.45, 7) is 6.68. The molecule has 67 heavy (non-hydrogen) atoms. The number of amides is 2. The number of carbonyl (C=O) groups excluding carboxylic acids is 3. The van der Waals surface area contributed by atoms with Gasteiger partial charge >= 0.3 is 5.97 Å². The molecule has 0 spiro atoms. The second-order valence-electron chi connectivity index (χ2n) is 19.0. The van der Waals surface area contributed by atoms with Gasteiger partial charge in [-0.15, -0.1) is 0 Å². The van der Waals surface area contributed by atoms with Crippen LogP contribution in [0.15, 0.2) is 124 Å². The van der Waals surface area contributed by atoms with Crippen LogP contribution in [-0.4, -0.2) is 79.0 Å². The number of nitrogen functional groups attached to an aromatic ring is 1. The number of carbonyl (C=O) groups is 3. The molecule has 12 heteroatoms. The molecule has 0 saturated heterocycles. The lowest BCUT2D eigenvalue weighted by Gasteiger charge is -2.38. The van der Waals surface area contributed by atoms with Crippen LogP contribution in [0.5, 0.6) is 0 Å². The van der Waals surface area contributed by atoms with E-state index in [1.807, 2.05) is 123 Å². The molecule has 0 aromatic heterocycles. The molecule has 9 rings (SSSR count). The third-order valence-electron chi connectivity index (χ3n) is 13.8. The van der Waals surface area contributed by atoms with Gasteiger partial charge in [0.05, 0.1) is 24.5 Å². The molecule has 0 atom stereocenters. The van der Waals surface area contributed by atoms with Crippen molar-refractivity contribution < 1.29 is 23.5 Å². The van der Waals surface area contributed by atoms with E-state index < -0.39 is 14.0 Å². The molecule has 4 aromatic carbocycles. The van der Waals surface area contributed by atoms with Crippen molar-refractivity contribution in [1.82, 2.24) is 15.2 Å². The van der Waals surface area contributed by atoms with E-state index in [2.05, 4.69) is 41.9 Å². The number of esters is 1. The van der Waals surface area contributed by atoms with Crippen LogP contribution in [0.1, 0.15) is 73.4 Å². The van der Waals surface area contributed by atoms with Crippen molar-refractivity contribution >= 4 is 64.7 Å². The van der Waals surface area contributed by atoms with Crippen molar-refractivity contribution in [2.45, 2.75) is 57.8 Å². The summed E-state index contributed by atoms with van der Waals surface area (Å²) in [5.74, 6) is -0.295. The van der Waals surface area contributed by atoms with Gasteiger partial charge in [-0.3, -0.25) is 9.59 Å². The molecular formula is C55H57N6O5Si+. The highest BCUT2D eigenvalue weighted by molar-refractivity contribution is 6.98. The standard InChI is InChI=1S/C55H56N6O5Si/c1-31-25-32(9-19-40(31)51-44-21-11-34(56)27-49(44)67(7,8)50-28-35(57)12-22-45(50)51)53(62)58-36-13-15-37(16-14-36)59-54(63)33-10-20-41(46(26-33)55(64)65-6)52-42-23-17-38(60(2)3)29-47(42)66-48-30-39(61(4)5)18-24-43(48)52/h9-12,17-30,36-37H,13-16H2,1-8H3,(H4-,56,57,58,59,62,63)/p+1. The first-order valence-electron chi connectivity index (χ1n) is 22.8. The molecule has 2 aliphatic heterocycles. The van der Waals surface area contributed by atoms with Gasteiger partial charge in [-0.2, -0.15) is 0 Å². The Morgan fingerprint density at radius 3 is 2.07 bits per heavy atom. The summed E-state index contributed by atoms with van der Waals surface area (Å²) in [6.07, 6.45) is 8.72. The zero-order valence-corrected chi connectivity index (χ0v) is 40.4. The second kappa shape index (κ2) is 17.5. The Hall–Kier alpha value is -7.31. The number of benzene rings is 5. The Balaban J connectivity index is 0.909. The van der Waals surface area contributed by atoms with Gasteiger partial charge in [0.25, 0.3) is 11.8 Å². The molecule has 11 nitrogen and oxygen atoms in total. The molecule has 340 valence electrons. The Morgan fingerprint density at radius 1 is 0.791 bits per heavy atom. The van der Waals surface area contributed by atoms with Crippen molar-refractivity contribution in [3.05, 3.63) is 159 Å². The first-order chi connectivity index (χ1) is 32.0. The SMILES string of the molecule is COC(=O)c1cc(C(=O)NC2CCC(NC(=O)c3ccc(C4=C5C=CC(=N)C=C5[Si](C)(C)c5cc(N)ccc54)c(C)c3)CC2)ccc1-c1c2ccc(=[N+](C)C)cc-2oc2cc(N(C)C)ccc12. The smallest absolute Gasteiger partial charge is 0.338 e. The minimum Gasteiger partial charge on any atom is -0.465 e. The number of nitrogens with two attached hydrogens (primary N) is 1. The highest BCUT2D eigenvalue weighted by Gasteiger charge is 2.40. The average molecular weight is 910 g/mol. The van der Waals surface area contributed by atoms with Crippen LogP contribution in [0.4, 0.5) is 11.4 Å². The number of nitrogens with zero attached hydrogens (tertiary/aromatic N) is 2. The van der Waals surface area contributed by atoms with Crippen LogP contribution < -0.4 is 36.4 Å². The van der Waals surface area contributed by atoms with Crippen LogP contribution in [0.3, 0.4) is 0 Å². The van der Waals surface area contributed by atoms with E-state index in [9.17, 15) is 14.4 Å². The van der Waals surface area contributed by atoms with E-state index in [1.165, 1.54) is 17.5 Å². The predicted octanol–water partition coefficient (Wildman–Crippen LogP) is 8.24. The fraction of sp³-hybridized carbons (Fsp3) is 0.255. The van der Waals surface area contributed by atoms with E-state index in [0.29, 0.717) is 59.4 Å². The lowest BCUT2D eigenvalue weighted by molar-refractivity contribution is 0.0601. The van der Waals surface area contributed by atoms with Crippen molar-refractivity contribution in [3.8, 4) is 22.5 Å². The highest BCUT2D eigenvalue weighted by atomic mass is 28.3. The van der Waals surface area contributed by atoms with E-state index in [4.69, 9.17) is 20.3 Å². The van der Waals surface area contributed by atoms with E-state index in [-0.39, 0.29) is 29.5 Å². The molecule has 5 N–H and O–H groups in total. The zero-order chi connectivity index (χ0) is 47.5. The Bertz CT molecular complexity index is 3220. The van der Waals surface area contributed by atoms with Gasteiger partial charge in [-0.25, -0.2) is 9.37 Å². The van der Waals surface area contributed by atoms with Crippen molar-refractivity contribution in [2.75, 3.05) is 45.9 Å². The van der Waals surface area contributed by atoms with Gasteiger partial charge in [-0.1, -0.05) is 37.4 Å². The molecule has 1 fully saturated rings. The maximum atomic E-state index is 13.9. The number of methoxy groups -OCH3 is 1. The summed E-state index contributed by atoms with van der Waals surface area (Å²) in [5, 5.41) is 19.2. The summed E-state index contributed by atoms with van der Waals surface area (Å²) in [4.78, 5) is 43.2. The van der Waals surface area contributed by atoms with Gasteiger partial charge in [0, 0.05) is 77.3 Å². The molecule has 4 aromatic rings. The van der Waals surface area contributed by atoms with E-state index in [0.717, 1.165) is 61.1 Å². The molecule has 5 aliphatic rings. The van der Waals surface area contributed by atoms with E-state index >= 15 is 0 Å². The number of hydrogen-bond donors (Lipinski definition) is 4. The molecule has 2 heterocycles. The lowest BCUT2D eigenvalue weighted by atomic mass is 9.87. The molecule has 0 bridgehead atoms. The summed E-state index contributed by atoms with van der Waals surface area (Å²) in [6, 6.07) is 29.2. The molecule has 3 aliphatic carbocycles. The quantitative estimate of drug-likeness (QED) is 0.0395. The number of fused-ring (bicyclic) bond motifs is 4. The lowest BCUT2D eigenvalue weighted by Crippen LogP contribution is -2.49. The third kappa shape index (κ3) is 8.31. The third-order valence-corrected chi connectivity index (χ3v) is 17.3. The van der Waals surface area contributed by atoms with Crippen LogP contribution in [0.25, 0.3) is 39.0 Å². The largest absolute Gasteiger partial charge is 0.465 e. The monoisotopic (exact) mass is 909 g/mol. The van der Waals surface area contributed by atoms with Gasteiger partial charge in [0.15, 0.2) is 0 Å². The number of hydrogen-bond acceptors (Lipinski definition) is 8. The average Bonchev–Trinajstić information content (AvgIpc) is 3.31. The molecule has 2 amide bonds. The number of ether oxygens (including phenoxy) is 1. The minimum atomic E-state index is -2.15. The van der Waals surface area contributed by atoms with E-state index in [1.54, 1.807) is 12.1 Å². The highest BCUT2D eigenvalue weighted by Crippen LogP contribution is 2.44. The Labute approximate surface area is 392 Å². The molecular weight excluding hydrogens is 853 g/mol. The van der Waals surface area contributed by atoms with Crippen LogP contribution in [-0.2, 0) is 4.74 Å². The van der Waals surface area contributed by atoms with Crippen LogP contribution in [0, 0.1) is 12.3 Å². The van der Waals surface area contributed by atoms with Gasteiger partial charge in [-0.05, 0) is 143 Å². The first-order valence-corrected chi connectivity index (χ1v) is 25.8. The normalized spacial score (nSPS) is 17.4. The fourth-order valence-electron chi connectivity index (χ4n) is 10.1. The zero-order valence-electron chi connectivity index (χ0n) is 39.4. The maximum Gasteiger partial charge on any atom is 0.338 e. The summed E-state index contributed by atoms with van der Waals surface area (Å²) >= 11 is 0. The minimum absolute atomic E-state index is 0.0427. The summed E-state index contributed by atoms with van der Waals surface area (Å²) in [5.41, 5.74) is 18.1. The summed E-state index contributed by atoms with van der Waals surface area (Å²) in [7, 11) is 7.10. The Morgan fingerprint density at radius 2 is 1.43 bits per heavy atom. The molecule has 0 unspecified atom stereocenters. The van der Waals surface area contributed by atoms with Crippen molar-refractivity contribution in [2.24, 2.45) is 0 Å². The number of nitrogens with one attached hydrogen (secondary N) is 3. The number of rotatable bonds is 8.